The van der Waals surface area contributed by atoms with Gasteiger partial charge < -0.3 is 25.4 Å². The minimum Gasteiger partial charge on any atom is -0.387 e. The second kappa shape index (κ2) is 7.34. The average Bonchev–Trinajstić information content (AvgIpc) is 3.12. The molecule has 4 N–H and O–H groups in total. The van der Waals surface area contributed by atoms with Crippen LogP contribution in [0.25, 0.3) is 11.2 Å². The molecular formula is C13H19N5O6. The van der Waals surface area contributed by atoms with Crippen molar-refractivity contribution in [3.8, 4) is 0 Å². The largest absolute Gasteiger partial charge is 0.387 e. The van der Waals surface area contributed by atoms with E-state index in [9.17, 15) is 10.2 Å². The Balaban J connectivity index is 1.69. The van der Waals surface area contributed by atoms with Gasteiger partial charge in [0.25, 0.3) is 0 Å². The van der Waals surface area contributed by atoms with E-state index in [-0.39, 0.29) is 19.0 Å². The minimum atomic E-state index is -1.19. The maximum absolute atomic E-state index is 10.3. The van der Waals surface area contributed by atoms with Crippen molar-refractivity contribution in [2.45, 2.75) is 24.5 Å². The van der Waals surface area contributed by atoms with E-state index in [1.807, 2.05) is 0 Å². The maximum atomic E-state index is 10.3. The highest BCUT2D eigenvalue weighted by atomic mass is 17.2. The van der Waals surface area contributed by atoms with Gasteiger partial charge in [-0.15, -0.1) is 0 Å². The van der Waals surface area contributed by atoms with Gasteiger partial charge in [0.2, 0.25) is 0 Å². The maximum Gasteiger partial charge on any atom is 0.167 e. The third-order valence-corrected chi connectivity index (χ3v) is 3.68. The number of methoxy groups -OCH3 is 1. The third kappa shape index (κ3) is 3.17. The van der Waals surface area contributed by atoms with E-state index in [2.05, 4.69) is 15.0 Å². The Kier molecular flexibility index (Phi) is 5.18. The molecule has 0 saturated carbocycles. The van der Waals surface area contributed by atoms with Gasteiger partial charge in [-0.2, -0.15) is 0 Å². The minimum absolute atomic E-state index is 0.0534. The van der Waals surface area contributed by atoms with Gasteiger partial charge in [0.15, 0.2) is 17.7 Å². The molecule has 1 aliphatic heterocycles. The van der Waals surface area contributed by atoms with Gasteiger partial charge in [0, 0.05) is 7.11 Å². The summed E-state index contributed by atoms with van der Waals surface area (Å²) in [6, 6.07) is 0. The van der Waals surface area contributed by atoms with E-state index in [0.717, 1.165) is 0 Å². The van der Waals surface area contributed by atoms with Gasteiger partial charge in [-0.25, -0.2) is 24.7 Å². The average molecular weight is 341 g/mol. The van der Waals surface area contributed by atoms with E-state index in [0.29, 0.717) is 17.8 Å². The number of nitrogens with two attached hydrogens (primary N) is 1. The van der Waals surface area contributed by atoms with E-state index in [1.54, 1.807) is 7.11 Å². The van der Waals surface area contributed by atoms with Crippen LogP contribution >= 0.6 is 0 Å². The molecule has 1 fully saturated rings. The molecule has 11 heteroatoms. The van der Waals surface area contributed by atoms with Crippen LogP contribution < -0.4 is 5.73 Å². The molecular weight excluding hydrogens is 322 g/mol. The second-order valence-electron chi connectivity index (χ2n) is 5.23. The molecule has 132 valence electrons. The van der Waals surface area contributed by atoms with Crippen molar-refractivity contribution in [1.82, 2.24) is 19.5 Å². The number of rotatable bonds is 7. The van der Waals surface area contributed by atoms with E-state index in [4.69, 9.17) is 25.0 Å². The smallest absolute Gasteiger partial charge is 0.167 e. The Labute approximate surface area is 136 Å². The standard InChI is InChI=1S/C13H19N5O6/c1-21-2-3-22-23-4-7-9(19)10(20)13(24-7)18-6-17-8-11(14)15-5-16-12(8)18/h5-7,9-10,13,19-20H,2-4H2,1H3,(H2,14,15,16)/t7-,9-,10-,13-/m1/s1. The quantitative estimate of drug-likeness (QED) is 0.313. The zero-order valence-electron chi connectivity index (χ0n) is 13.0. The fourth-order valence-corrected chi connectivity index (χ4v) is 2.44. The Morgan fingerprint density at radius 1 is 1.21 bits per heavy atom. The van der Waals surface area contributed by atoms with Crippen molar-refractivity contribution < 1.29 is 29.5 Å². The highest BCUT2D eigenvalue weighted by Gasteiger charge is 2.44. The van der Waals surface area contributed by atoms with Crippen molar-refractivity contribution in [2.75, 3.05) is 32.7 Å². The lowest BCUT2D eigenvalue weighted by Gasteiger charge is -2.16. The van der Waals surface area contributed by atoms with Crippen LogP contribution in [0.5, 0.6) is 0 Å². The van der Waals surface area contributed by atoms with Gasteiger partial charge in [-0.1, -0.05) is 0 Å². The highest BCUT2D eigenvalue weighted by Crippen LogP contribution is 2.32. The fourth-order valence-electron chi connectivity index (χ4n) is 2.44. The molecule has 1 saturated heterocycles. The molecule has 2 aromatic heterocycles. The molecule has 4 atom stereocenters. The molecule has 2 aromatic rings. The number of fused-ring (bicyclic) bond motifs is 1. The third-order valence-electron chi connectivity index (χ3n) is 3.68. The summed E-state index contributed by atoms with van der Waals surface area (Å²) in [7, 11) is 1.54. The first-order valence-corrected chi connectivity index (χ1v) is 7.31. The lowest BCUT2D eigenvalue weighted by Crippen LogP contribution is -2.34. The molecule has 0 radical (unpaired) electrons. The second-order valence-corrected chi connectivity index (χ2v) is 5.23. The van der Waals surface area contributed by atoms with Crippen LogP contribution in [0.4, 0.5) is 5.82 Å². The van der Waals surface area contributed by atoms with Gasteiger partial charge in [-0.3, -0.25) is 4.57 Å². The summed E-state index contributed by atoms with van der Waals surface area (Å²) in [6.45, 7) is 0.567. The zero-order chi connectivity index (χ0) is 17.1. The van der Waals surface area contributed by atoms with Crippen molar-refractivity contribution >= 4 is 17.0 Å². The Morgan fingerprint density at radius 3 is 2.83 bits per heavy atom. The number of aliphatic hydroxyl groups excluding tert-OH is 2. The van der Waals surface area contributed by atoms with Crippen molar-refractivity contribution in [1.29, 1.82) is 0 Å². The predicted molar refractivity (Wildman–Crippen MR) is 79.4 cm³/mol. The van der Waals surface area contributed by atoms with Gasteiger partial charge in [-0.05, 0) is 0 Å². The van der Waals surface area contributed by atoms with Crippen molar-refractivity contribution in [3.63, 3.8) is 0 Å². The lowest BCUT2D eigenvalue weighted by molar-refractivity contribution is -0.313. The van der Waals surface area contributed by atoms with Crippen LogP contribution in [0.3, 0.4) is 0 Å². The first-order valence-electron chi connectivity index (χ1n) is 7.31. The van der Waals surface area contributed by atoms with E-state index in [1.165, 1.54) is 17.2 Å². The number of hydrogen-bond acceptors (Lipinski definition) is 10. The summed E-state index contributed by atoms with van der Waals surface area (Å²) in [5.41, 5.74) is 6.53. The molecule has 0 aliphatic carbocycles. The molecule has 3 heterocycles. The van der Waals surface area contributed by atoms with Gasteiger partial charge in [0.1, 0.15) is 43.4 Å². The number of aromatic nitrogens is 4. The van der Waals surface area contributed by atoms with Crippen LogP contribution in [-0.4, -0.2) is 75.0 Å². The van der Waals surface area contributed by atoms with Crippen molar-refractivity contribution in [2.24, 2.45) is 0 Å². The number of nitrogen functional groups attached to an aromatic ring is 1. The molecule has 0 amide bonds. The summed E-state index contributed by atoms with van der Waals surface area (Å²) < 4.78 is 12.0. The van der Waals surface area contributed by atoms with E-state index < -0.39 is 24.5 Å². The number of aliphatic hydroxyl groups is 2. The fraction of sp³-hybridized carbons (Fsp3) is 0.615. The lowest BCUT2D eigenvalue weighted by atomic mass is 10.1. The number of hydrogen-bond donors (Lipinski definition) is 3. The molecule has 0 bridgehead atoms. The van der Waals surface area contributed by atoms with Gasteiger partial charge >= 0.3 is 0 Å². The van der Waals surface area contributed by atoms with Gasteiger partial charge in [0.05, 0.1) is 12.9 Å². The first kappa shape index (κ1) is 17.0. The molecule has 11 nitrogen and oxygen atoms in total. The summed E-state index contributed by atoms with van der Waals surface area (Å²) in [4.78, 5) is 21.9. The predicted octanol–water partition coefficient (Wildman–Crippen LogP) is -1.38. The first-order chi connectivity index (χ1) is 11.6. The van der Waals surface area contributed by atoms with Crippen LogP contribution in [0.15, 0.2) is 12.7 Å². The molecule has 0 unspecified atom stereocenters. The molecule has 1 aliphatic rings. The summed E-state index contributed by atoms with van der Waals surface area (Å²) in [5, 5.41) is 20.4. The summed E-state index contributed by atoms with van der Waals surface area (Å²) in [6.07, 6.45) is -1.29. The normalized spacial score (nSPS) is 27.1. The van der Waals surface area contributed by atoms with Crippen LogP contribution in [0.1, 0.15) is 6.23 Å². The molecule has 0 aromatic carbocycles. The highest BCUT2D eigenvalue weighted by molar-refractivity contribution is 5.81. The Morgan fingerprint density at radius 2 is 2.04 bits per heavy atom. The number of anilines is 1. The Hall–Kier alpha value is -1.89. The van der Waals surface area contributed by atoms with Crippen LogP contribution in [0, 0.1) is 0 Å². The van der Waals surface area contributed by atoms with Crippen LogP contribution in [-0.2, 0) is 19.2 Å². The monoisotopic (exact) mass is 341 g/mol. The molecule has 24 heavy (non-hydrogen) atoms. The van der Waals surface area contributed by atoms with Crippen molar-refractivity contribution in [3.05, 3.63) is 12.7 Å². The molecule has 0 spiro atoms. The Bertz CT molecular complexity index is 682. The number of nitrogens with zero attached hydrogens (tertiary/aromatic N) is 4. The number of ether oxygens (including phenoxy) is 2. The van der Waals surface area contributed by atoms with Crippen LogP contribution in [0.2, 0.25) is 0 Å². The topological polar surface area (TPSA) is 147 Å². The number of imidazole rings is 1. The zero-order valence-corrected chi connectivity index (χ0v) is 13.0. The van der Waals surface area contributed by atoms with E-state index >= 15 is 0 Å². The SMILES string of the molecule is COCCOOC[C@H]1O[C@@H](n2cnc3c(N)ncnc32)[C@H](O)[C@@H]1O. The molecule has 3 rings (SSSR count). The summed E-state index contributed by atoms with van der Waals surface area (Å²) >= 11 is 0. The summed E-state index contributed by atoms with van der Waals surface area (Å²) in [5.74, 6) is 0.221.